The van der Waals surface area contributed by atoms with Gasteiger partial charge in [-0.25, -0.2) is 4.68 Å². The van der Waals surface area contributed by atoms with E-state index in [1.54, 1.807) is 4.68 Å². The molecule has 7 nitrogen and oxygen atoms in total. The van der Waals surface area contributed by atoms with Crippen LogP contribution in [0.4, 0.5) is 11.5 Å². The van der Waals surface area contributed by atoms with Gasteiger partial charge in [0.2, 0.25) is 5.91 Å². The van der Waals surface area contributed by atoms with Crippen molar-refractivity contribution in [2.45, 2.75) is 33.6 Å². The molecule has 4 rings (SSSR count). The summed E-state index contributed by atoms with van der Waals surface area (Å²) in [6, 6.07) is 15.8. The first kappa shape index (κ1) is 20.1. The van der Waals surface area contributed by atoms with Gasteiger partial charge in [-0.15, -0.1) is 10.2 Å². The molecular formula is C23H28N6O. The molecule has 1 fully saturated rings. The molecule has 3 aromatic rings. The van der Waals surface area contributed by atoms with Gasteiger partial charge < -0.3 is 9.80 Å². The largest absolute Gasteiger partial charge is 0.354 e. The average Bonchev–Trinajstić information content (AvgIpc) is 3.13. The lowest BCUT2D eigenvalue weighted by molar-refractivity contribution is -0.122. The van der Waals surface area contributed by atoms with Crippen LogP contribution >= 0.6 is 0 Å². The van der Waals surface area contributed by atoms with Crippen LogP contribution in [-0.2, 0) is 4.79 Å². The van der Waals surface area contributed by atoms with Gasteiger partial charge in [0, 0.05) is 31.0 Å². The van der Waals surface area contributed by atoms with Crippen LogP contribution in [0, 0.1) is 19.8 Å². The number of benzene rings is 1. The Bertz CT molecular complexity index is 998. The van der Waals surface area contributed by atoms with Gasteiger partial charge in [0.05, 0.1) is 11.6 Å². The molecular weight excluding hydrogens is 376 g/mol. The lowest BCUT2D eigenvalue weighted by Gasteiger charge is -2.35. The number of carbonyl (C=O) groups excluding carboxylic acids is 1. The van der Waals surface area contributed by atoms with Gasteiger partial charge in [-0.2, -0.15) is 5.10 Å². The van der Waals surface area contributed by atoms with Crippen LogP contribution in [0.2, 0.25) is 0 Å². The Hall–Kier alpha value is -3.22. The number of aryl methyl sites for hydroxylation is 2. The molecule has 1 aliphatic heterocycles. The summed E-state index contributed by atoms with van der Waals surface area (Å²) >= 11 is 0. The van der Waals surface area contributed by atoms with E-state index in [-0.39, 0.29) is 11.8 Å². The zero-order chi connectivity index (χ0) is 21.1. The van der Waals surface area contributed by atoms with Crippen molar-refractivity contribution in [2.75, 3.05) is 29.4 Å². The van der Waals surface area contributed by atoms with Gasteiger partial charge in [0.1, 0.15) is 0 Å². The molecule has 1 unspecified atom stereocenters. The van der Waals surface area contributed by atoms with E-state index >= 15 is 0 Å². The van der Waals surface area contributed by atoms with E-state index in [1.165, 1.54) is 0 Å². The second-order valence-electron chi connectivity index (χ2n) is 7.79. The second kappa shape index (κ2) is 8.65. The molecule has 0 N–H and O–H groups in total. The lowest BCUT2D eigenvalue weighted by Crippen LogP contribution is -2.45. The van der Waals surface area contributed by atoms with E-state index in [9.17, 15) is 4.79 Å². The minimum Gasteiger partial charge on any atom is -0.354 e. The Labute approximate surface area is 177 Å². The summed E-state index contributed by atoms with van der Waals surface area (Å²) in [5.74, 6) is 1.65. The second-order valence-corrected chi connectivity index (χ2v) is 7.79. The maximum absolute atomic E-state index is 13.2. The normalized spacial score (nSPS) is 16.5. The fourth-order valence-corrected chi connectivity index (χ4v) is 4.14. The zero-order valence-corrected chi connectivity index (χ0v) is 17.8. The van der Waals surface area contributed by atoms with E-state index in [2.05, 4.69) is 20.2 Å². The van der Waals surface area contributed by atoms with E-state index in [1.807, 2.05) is 74.2 Å². The van der Waals surface area contributed by atoms with Crippen molar-refractivity contribution in [3.8, 4) is 5.82 Å². The van der Waals surface area contributed by atoms with Crippen molar-refractivity contribution >= 4 is 17.4 Å². The van der Waals surface area contributed by atoms with Gasteiger partial charge in [-0.1, -0.05) is 18.2 Å². The first-order chi connectivity index (χ1) is 14.6. The number of nitrogens with zero attached hydrogens (tertiary/aromatic N) is 6. The van der Waals surface area contributed by atoms with E-state index in [4.69, 9.17) is 0 Å². The van der Waals surface area contributed by atoms with Gasteiger partial charge in [-0.3, -0.25) is 4.79 Å². The number of anilines is 2. The molecule has 1 aromatic carbocycles. The third-order valence-corrected chi connectivity index (χ3v) is 5.61. The monoisotopic (exact) mass is 404 g/mol. The maximum Gasteiger partial charge on any atom is 0.231 e. The zero-order valence-electron chi connectivity index (χ0n) is 17.8. The quantitative estimate of drug-likeness (QED) is 0.651. The Morgan fingerprint density at radius 3 is 2.47 bits per heavy atom. The lowest BCUT2D eigenvalue weighted by atomic mass is 9.96. The van der Waals surface area contributed by atoms with Crippen molar-refractivity contribution < 1.29 is 4.79 Å². The van der Waals surface area contributed by atoms with Crippen molar-refractivity contribution in [2.24, 2.45) is 5.92 Å². The Kier molecular flexibility index (Phi) is 5.79. The molecule has 1 saturated heterocycles. The SMILES string of the molecule is CCN(C(=O)C1CCCN(c2ccc(-n3nc(C)cc3C)nn2)C1)c1ccccc1. The molecule has 2 aromatic heterocycles. The fourth-order valence-electron chi connectivity index (χ4n) is 4.14. The summed E-state index contributed by atoms with van der Waals surface area (Å²) in [5, 5.41) is 13.3. The maximum atomic E-state index is 13.2. The van der Waals surface area contributed by atoms with Crippen molar-refractivity contribution in [3.63, 3.8) is 0 Å². The van der Waals surface area contributed by atoms with Gasteiger partial charge in [0.25, 0.3) is 0 Å². The summed E-state index contributed by atoms with van der Waals surface area (Å²) in [7, 11) is 0. The smallest absolute Gasteiger partial charge is 0.231 e. The predicted molar refractivity (Wildman–Crippen MR) is 118 cm³/mol. The predicted octanol–water partition coefficient (Wildman–Crippen LogP) is 3.55. The van der Waals surface area contributed by atoms with Crippen molar-refractivity contribution in [3.05, 3.63) is 59.9 Å². The molecule has 1 amide bonds. The molecule has 3 heterocycles. The number of hydrogen-bond acceptors (Lipinski definition) is 5. The third kappa shape index (κ3) is 4.06. The van der Waals surface area contributed by atoms with Crippen molar-refractivity contribution in [1.82, 2.24) is 20.0 Å². The highest BCUT2D eigenvalue weighted by Gasteiger charge is 2.30. The summed E-state index contributed by atoms with van der Waals surface area (Å²) in [4.78, 5) is 17.3. The number of para-hydroxylation sites is 1. The topological polar surface area (TPSA) is 67.2 Å². The molecule has 0 aliphatic carbocycles. The third-order valence-electron chi connectivity index (χ3n) is 5.61. The van der Waals surface area contributed by atoms with Gasteiger partial charge in [-0.05, 0) is 63.9 Å². The van der Waals surface area contributed by atoms with Gasteiger partial charge >= 0.3 is 0 Å². The molecule has 0 saturated carbocycles. The van der Waals surface area contributed by atoms with E-state index in [0.717, 1.165) is 42.3 Å². The summed E-state index contributed by atoms with van der Waals surface area (Å²) in [6.45, 7) is 8.20. The Morgan fingerprint density at radius 2 is 1.83 bits per heavy atom. The van der Waals surface area contributed by atoms with Gasteiger partial charge in [0.15, 0.2) is 11.6 Å². The van der Waals surface area contributed by atoms with E-state index < -0.39 is 0 Å². The minimum absolute atomic E-state index is 0.0450. The van der Waals surface area contributed by atoms with Crippen LogP contribution in [0.5, 0.6) is 0 Å². The molecule has 156 valence electrons. The Balaban J connectivity index is 1.48. The van der Waals surface area contributed by atoms with Crippen LogP contribution < -0.4 is 9.80 Å². The highest BCUT2D eigenvalue weighted by Crippen LogP contribution is 2.25. The fraction of sp³-hybridized carbons (Fsp3) is 0.391. The molecule has 0 bridgehead atoms. The van der Waals surface area contributed by atoms with Crippen molar-refractivity contribution in [1.29, 1.82) is 0 Å². The number of carbonyl (C=O) groups is 1. The molecule has 1 aliphatic rings. The van der Waals surface area contributed by atoms with Crippen LogP contribution in [0.3, 0.4) is 0 Å². The summed E-state index contributed by atoms with van der Waals surface area (Å²) < 4.78 is 1.80. The number of piperidine rings is 1. The standard InChI is InChI=1S/C23H28N6O/c1-4-28(20-10-6-5-7-11-20)23(30)19-9-8-14-27(16-19)21-12-13-22(25-24-21)29-18(3)15-17(2)26-29/h5-7,10-13,15,19H,4,8-9,14,16H2,1-3H3. The average molecular weight is 405 g/mol. The molecule has 0 spiro atoms. The van der Waals surface area contributed by atoms with Crippen LogP contribution in [0.1, 0.15) is 31.2 Å². The highest BCUT2D eigenvalue weighted by molar-refractivity contribution is 5.95. The molecule has 30 heavy (non-hydrogen) atoms. The first-order valence-corrected chi connectivity index (χ1v) is 10.6. The highest BCUT2D eigenvalue weighted by atomic mass is 16.2. The molecule has 1 atom stereocenters. The number of rotatable bonds is 5. The summed E-state index contributed by atoms with van der Waals surface area (Å²) in [5.41, 5.74) is 2.93. The number of amides is 1. The summed E-state index contributed by atoms with van der Waals surface area (Å²) in [6.07, 6.45) is 1.86. The molecule has 0 radical (unpaired) electrons. The Morgan fingerprint density at radius 1 is 1.10 bits per heavy atom. The van der Waals surface area contributed by atoms with Crippen LogP contribution in [0.25, 0.3) is 5.82 Å². The van der Waals surface area contributed by atoms with E-state index in [0.29, 0.717) is 18.9 Å². The number of hydrogen-bond donors (Lipinski definition) is 0. The van der Waals surface area contributed by atoms with Crippen LogP contribution in [0.15, 0.2) is 48.5 Å². The minimum atomic E-state index is -0.0450. The van der Waals surface area contributed by atoms with Crippen LogP contribution in [-0.4, -0.2) is 45.5 Å². The number of aromatic nitrogens is 4. The first-order valence-electron chi connectivity index (χ1n) is 10.6. The molecule has 7 heteroatoms.